The van der Waals surface area contributed by atoms with Crippen LogP contribution in [-0.4, -0.2) is 23.6 Å². The Balaban J connectivity index is 1.75. The summed E-state index contributed by atoms with van der Waals surface area (Å²) in [5.74, 6) is -0.0560. The molecule has 0 aromatic heterocycles. The zero-order chi connectivity index (χ0) is 19.9. The smallest absolute Gasteiger partial charge is 0.242 e. The summed E-state index contributed by atoms with van der Waals surface area (Å²) in [7, 11) is 0. The molecule has 0 heterocycles. The molecular formula is C22H28N2O2S. The van der Waals surface area contributed by atoms with Crippen LogP contribution in [0.3, 0.4) is 0 Å². The molecule has 0 radical (unpaired) electrons. The molecule has 0 spiro atoms. The van der Waals surface area contributed by atoms with Crippen molar-refractivity contribution < 1.29 is 9.59 Å². The first kappa shape index (κ1) is 21.0. The van der Waals surface area contributed by atoms with Crippen LogP contribution in [0.5, 0.6) is 0 Å². The fraction of sp³-hybridized carbons (Fsp3) is 0.364. The number of rotatable bonds is 7. The molecule has 1 atom stereocenters. The Bertz CT molecular complexity index is 752. The van der Waals surface area contributed by atoms with Gasteiger partial charge < -0.3 is 10.6 Å². The van der Waals surface area contributed by atoms with Gasteiger partial charge in [-0.3, -0.25) is 9.59 Å². The molecule has 4 nitrogen and oxygen atoms in total. The van der Waals surface area contributed by atoms with E-state index in [1.165, 1.54) is 17.3 Å². The molecule has 1 unspecified atom stereocenters. The van der Waals surface area contributed by atoms with E-state index in [1.807, 2.05) is 42.5 Å². The van der Waals surface area contributed by atoms with Crippen molar-refractivity contribution in [2.24, 2.45) is 0 Å². The fourth-order valence-corrected chi connectivity index (χ4v) is 3.20. The van der Waals surface area contributed by atoms with Crippen LogP contribution >= 0.6 is 11.8 Å². The second kappa shape index (κ2) is 9.60. The third-order valence-electron chi connectivity index (χ3n) is 4.17. The van der Waals surface area contributed by atoms with Crippen molar-refractivity contribution in [3.05, 3.63) is 65.7 Å². The maximum atomic E-state index is 12.1. The van der Waals surface area contributed by atoms with Crippen LogP contribution in [-0.2, 0) is 21.5 Å². The number of hydrogen-bond acceptors (Lipinski definition) is 3. The molecule has 144 valence electrons. The number of carbonyl (C=O) groups is 2. The number of carbonyl (C=O) groups excluding carboxylic acids is 2. The molecule has 2 N–H and O–H groups in total. The lowest BCUT2D eigenvalue weighted by Gasteiger charge is -2.19. The Kier molecular flexibility index (Phi) is 7.48. The summed E-state index contributed by atoms with van der Waals surface area (Å²) in [6.45, 7) is 8.67. The maximum Gasteiger partial charge on any atom is 0.242 e. The van der Waals surface area contributed by atoms with Crippen LogP contribution in [0.1, 0.15) is 38.8 Å². The lowest BCUT2D eigenvalue weighted by atomic mass is 9.87. The molecule has 2 rings (SSSR count). The van der Waals surface area contributed by atoms with E-state index in [2.05, 4.69) is 43.5 Å². The van der Waals surface area contributed by atoms with Crippen molar-refractivity contribution in [3.63, 3.8) is 0 Å². The van der Waals surface area contributed by atoms with Gasteiger partial charge in [0.1, 0.15) is 6.04 Å². The predicted octanol–water partition coefficient (Wildman–Crippen LogP) is 3.90. The standard InChI is InChI=1S/C22H28N2O2S/c1-16(21(26)23-14-17-8-6-5-7-9-17)24-20(25)15-27-19-12-10-18(11-13-19)22(2,3)4/h5-13,16H,14-15H2,1-4H3,(H,23,26)(H,24,25). The number of hydrogen-bond donors (Lipinski definition) is 2. The van der Waals surface area contributed by atoms with Crippen LogP contribution in [0.4, 0.5) is 0 Å². The molecule has 0 aliphatic carbocycles. The Morgan fingerprint density at radius 2 is 1.63 bits per heavy atom. The van der Waals surface area contributed by atoms with Gasteiger partial charge in [0.25, 0.3) is 0 Å². The average molecular weight is 385 g/mol. The van der Waals surface area contributed by atoms with Crippen molar-refractivity contribution >= 4 is 23.6 Å². The van der Waals surface area contributed by atoms with E-state index < -0.39 is 6.04 Å². The Labute approximate surface area is 166 Å². The zero-order valence-corrected chi connectivity index (χ0v) is 17.2. The molecule has 2 aromatic carbocycles. The van der Waals surface area contributed by atoms with Gasteiger partial charge >= 0.3 is 0 Å². The van der Waals surface area contributed by atoms with Gasteiger partial charge in [-0.2, -0.15) is 0 Å². The van der Waals surface area contributed by atoms with Gasteiger partial charge in [0.05, 0.1) is 5.75 Å². The number of thioether (sulfide) groups is 1. The lowest BCUT2D eigenvalue weighted by molar-refractivity contribution is -0.127. The summed E-state index contributed by atoms with van der Waals surface area (Å²) < 4.78 is 0. The fourth-order valence-electron chi connectivity index (χ4n) is 2.49. The van der Waals surface area contributed by atoms with E-state index in [1.54, 1.807) is 6.92 Å². The highest BCUT2D eigenvalue weighted by molar-refractivity contribution is 8.00. The van der Waals surface area contributed by atoms with Gasteiger partial charge in [-0.05, 0) is 35.6 Å². The summed E-state index contributed by atoms with van der Waals surface area (Å²) >= 11 is 1.47. The molecule has 0 saturated heterocycles. The molecule has 5 heteroatoms. The quantitative estimate of drug-likeness (QED) is 0.712. The topological polar surface area (TPSA) is 58.2 Å². The molecule has 0 fully saturated rings. The maximum absolute atomic E-state index is 12.1. The molecule has 0 aliphatic heterocycles. The minimum Gasteiger partial charge on any atom is -0.350 e. The highest BCUT2D eigenvalue weighted by atomic mass is 32.2. The summed E-state index contributed by atoms with van der Waals surface area (Å²) in [4.78, 5) is 25.3. The van der Waals surface area contributed by atoms with E-state index in [0.717, 1.165) is 10.5 Å². The van der Waals surface area contributed by atoms with E-state index in [0.29, 0.717) is 6.54 Å². The number of nitrogens with one attached hydrogen (secondary N) is 2. The van der Waals surface area contributed by atoms with E-state index in [-0.39, 0.29) is 23.0 Å². The van der Waals surface area contributed by atoms with Crippen LogP contribution < -0.4 is 10.6 Å². The minimum atomic E-state index is -0.565. The minimum absolute atomic E-state index is 0.114. The van der Waals surface area contributed by atoms with E-state index >= 15 is 0 Å². The zero-order valence-electron chi connectivity index (χ0n) is 16.4. The van der Waals surface area contributed by atoms with Gasteiger partial charge in [-0.25, -0.2) is 0 Å². The van der Waals surface area contributed by atoms with Crippen LogP contribution in [0, 0.1) is 0 Å². The molecule has 2 amide bonds. The van der Waals surface area contributed by atoms with E-state index in [9.17, 15) is 9.59 Å². The van der Waals surface area contributed by atoms with Gasteiger partial charge in [0, 0.05) is 11.4 Å². The summed E-state index contributed by atoms with van der Waals surface area (Å²) in [5.41, 5.74) is 2.40. The summed E-state index contributed by atoms with van der Waals surface area (Å²) in [6, 6.07) is 17.4. The predicted molar refractivity (Wildman–Crippen MR) is 112 cm³/mol. The summed E-state index contributed by atoms with van der Waals surface area (Å²) in [5, 5.41) is 5.59. The van der Waals surface area contributed by atoms with Crippen molar-refractivity contribution in [3.8, 4) is 0 Å². The first-order valence-electron chi connectivity index (χ1n) is 9.10. The average Bonchev–Trinajstić information content (AvgIpc) is 2.65. The second-order valence-electron chi connectivity index (χ2n) is 7.56. The normalized spacial score (nSPS) is 12.3. The summed E-state index contributed by atoms with van der Waals surface area (Å²) in [6.07, 6.45) is 0. The Hall–Kier alpha value is -2.27. The van der Waals surface area contributed by atoms with Crippen LogP contribution in [0.2, 0.25) is 0 Å². The van der Waals surface area contributed by atoms with Gasteiger partial charge in [-0.1, -0.05) is 63.2 Å². The molecule has 27 heavy (non-hydrogen) atoms. The van der Waals surface area contributed by atoms with Crippen molar-refractivity contribution in [2.45, 2.75) is 50.6 Å². The largest absolute Gasteiger partial charge is 0.350 e. The van der Waals surface area contributed by atoms with Gasteiger partial charge in [0.2, 0.25) is 11.8 Å². The second-order valence-corrected chi connectivity index (χ2v) is 8.60. The first-order valence-corrected chi connectivity index (χ1v) is 10.1. The van der Waals surface area contributed by atoms with Crippen molar-refractivity contribution in [1.29, 1.82) is 0 Å². The third kappa shape index (κ3) is 7.10. The highest BCUT2D eigenvalue weighted by Crippen LogP contribution is 2.25. The SMILES string of the molecule is CC(NC(=O)CSc1ccc(C(C)(C)C)cc1)C(=O)NCc1ccccc1. The molecule has 0 aliphatic rings. The van der Waals surface area contributed by atoms with Crippen molar-refractivity contribution in [1.82, 2.24) is 10.6 Å². The number of amides is 2. The molecule has 2 aromatic rings. The molecule has 0 bridgehead atoms. The third-order valence-corrected chi connectivity index (χ3v) is 5.18. The Morgan fingerprint density at radius 1 is 1.00 bits per heavy atom. The Morgan fingerprint density at radius 3 is 2.22 bits per heavy atom. The first-order chi connectivity index (χ1) is 12.8. The van der Waals surface area contributed by atoms with Gasteiger partial charge in [0.15, 0.2) is 0 Å². The van der Waals surface area contributed by atoms with Crippen LogP contribution in [0.25, 0.3) is 0 Å². The molecular weight excluding hydrogens is 356 g/mol. The van der Waals surface area contributed by atoms with E-state index in [4.69, 9.17) is 0 Å². The highest BCUT2D eigenvalue weighted by Gasteiger charge is 2.16. The lowest BCUT2D eigenvalue weighted by Crippen LogP contribution is -2.45. The number of benzene rings is 2. The monoisotopic (exact) mass is 384 g/mol. The van der Waals surface area contributed by atoms with Crippen molar-refractivity contribution in [2.75, 3.05) is 5.75 Å². The van der Waals surface area contributed by atoms with Gasteiger partial charge in [-0.15, -0.1) is 11.8 Å². The molecule has 0 saturated carbocycles. The van der Waals surface area contributed by atoms with Crippen LogP contribution in [0.15, 0.2) is 59.5 Å².